The summed E-state index contributed by atoms with van der Waals surface area (Å²) in [6.07, 6.45) is 6.75. The lowest BCUT2D eigenvalue weighted by atomic mass is 9.84. The SMILES string of the molecule is CC(C)(O)c1cnnn1[C@H]1C[C@@H](C(=O)NC2(C(=O)C(N)=O)CCOCC2)N(C(=O)[C@@H](CC2CCCCC2)NC(=O)Nc2ccc(C#N)cc2)C1. The molecule has 2 aromatic rings. The number of ketones is 1. The average Bonchev–Trinajstić information content (AvgIpc) is 3.77. The molecular formula is C34H45N9O7. The summed E-state index contributed by atoms with van der Waals surface area (Å²) in [7, 11) is 0. The molecule has 16 nitrogen and oxygen atoms in total. The van der Waals surface area contributed by atoms with Crippen LogP contribution in [0.1, 0.15) is 88.9 Å². The number of amides is 5. The monoisotopic (exact) mass is 691 g/mol. The van der Waals surface area contributed by atoms with Crippen LogP contribution in [0.5, 0.6) is 0 Å². The van der Waals surface area contributed by atoms with Crippen LogP contribution >= 0.6 is 0 Å². The number of carbonyl (C=O) groups excluding carboxylic acids is 5. The number of likely N-dealkylation sites (tertiary alicyclic amines) is 1. The Kier molecular flexibility index (Phi) is 11.2. The molecule has 2 aliphatic heterocycles. The van der Waals surface area contributed by atoms with E-state index in [2.05, 4.69) is 26.3 Å². The van der Waals surface area contributed by atoms with E-state index in [1.165, 1.54) is 15.8 Å². The minimum absolute atomic E-state index is 0.0106. The van der Waals surface area contributed by atoms with Gasteiger partial charge in [0.25, 0.3) is 5.91 Å². The molecule has 3 aliphatic rings. The molecule has 268 valence electrons. The number of aliphatic hydroxyl groups is 1. The Morgan fingerprint density at radius 3 is 2.42 bits per heavy atom. The summed E-state index contributed by atoms with van der Waals surface area (Å²) in [6.45, 7) is 3.37. The molecule has 2 saturated heterocycles. The van der Waals surface area contributed by atoms with Gasteiger partial charge >= 0.3 is 6.03 Å². The van der Waals surface area contributed by atoms with Crippen LogP contribution in [0.15, 0.2) is 30.5 Å². The van der Waals surface area contributed by atoms with E-state index in [0.29, 0.717) is 23.4 Å². The molecule has 1 aromatic heterocycles. The third-order valence-electron chi connectivity index (χ3n) is 9.95. The Hall–Kier alpha value is -4.88. The second kappa shape index (κ2) is 15.3. The normalized spacial score (nSPS) is 21.4. The smallest absolute Gasteiger partial charge is 0.319 e. The summed E-state index contributed by atoms with van der Waals surface area (Å²) in [5.41, 5.74) is 3.69. The Bertz CT molecular complexity index is 1620. The molecule has 3 heterocycles. The number of hydrogen-bond donors (Lipinski definition) is 5. The third-order valence-corrected chi connectivity index (χ3v) is 9.95. The fraction of sp³-hybridized carbons (Fsp3) is 0.588. The van der Waals surface area contributed by atoms with Crippen LogP contribution in [0, 0.1) is 17.2 Å². The second-order valence-corrected chi connectivity index (χ2v) is 14.0. The Morgan fingerprint density at radius 1 is 1.12 bits per heavy atom. The van der Waals surface area contributed by atoms with E-state index in [9.17, 15) is 29.1 Å². The van der Waals surface area contributed by atoms with E-state index >= 15 is 0 Å². The number of nitrogens with zero attached hydrogens (tertiary/aromatic N) is 5. The first kappa shape index (κ1) is 36.4. The lowest BCUT2D eigenvalue weighted by molar-refractivity contribution is -0.147. The van der Waals surface area contributed by atoms with Crippen molar-refractivity contribution >= 4 is 35.2 Å². The van der Waals surface area contributed by atoms with Crippen molar-refractivity contribution < 1.29 is 33.8 Å². The number of ether oxygens (including phenoxy) is 1. The lowest BCUT2D eigenvalue weighted by Gasteiger charge is -2.37. The average molecular weight is 692 g/mol. The molecule has 16 heteroatoms. The number of hydrogen-bond acceptors (Lipinski definition) is 10. The second-order valence-electron chi connectivity index (χ2n) is 14.0. The molecule has 5 rings (SSSR count). The van der Waals surface area contributed by atoms with Crippen LogP contribution in [0.25, 0.3) is 0 Å². The van der Waals surface area contributed by atoms with Crippen molar-refractivity contribution in [3.05, 3.63) is 41.7 Å². The first-order valence-electron chi connectivity index (χ1n) is 17.1. The topological polar surface area (TPSA) is 235 Å². The molecule has 50 heavy (non-hydrogen) atoms. The van der Waals surface area contributed by atoms with Crippen LogP contribution in [-0.4, -0.2) is 91.9 Å². The molecular weight excluding hydrogens is 646 g/mol. The zero-order valence-corrected chi connectivity index (χ0v) is 28.4. The Balaban J connectivity index is 1.45. The predicted octanol–water partition coefficient (Wildman–Crippen LogP) is 1.40. The fourth-order valence-corrected chi connectivity index (χ4v) is 7.25. The highest BCUT2D eigenvalue weighted by Gasteiger charge is 2.49. The van der Waals surface area contributed by atoms with Gasteiger partial charge in [-0.25, -0.2) is 9.48 Å². The highest BCUT2D eigenvalue weighted by molar-refractivity contribution is 6.39. The van der Waals surface area contributed by atoms with Crippen LogP contribution in [0.3, 0.4) is 0 Å². The Morgan fingerprint density at radius 2 is 1.80 bits per heavy atom. The molecule has 0 bridgehead atoms. The first-order chi connectivity index (χ1) is 23.8. The van der Waals surface area contributed by atoms with Gasteiger partial charge in [0.1, 0.15) is 23.2 Å². The minimum Gasteiger partial charge on any atom is -0.384 e. The summed E-state index contributed by atoms with van der Waals surface area (Å²) in [5.74, 6) is -3.14. The quantitative estimate of drug-likeness (QED) is 0.212. The van der Waals surface area contributed by atoms with Crippen LogP contribution in [0.4, 0.5) is 10.5 Å². The number of nitrogens with two attached hydrogens (primary N) is 1. The summed E-state index contributed by atoms with van der Waals surface area (Å²) < 4.78 is 6.90. The molecule has 1 aromatic carbocycles. The number of nitrogens with one attached hydrogen (secondary N) is 3. The number of anilines is 1. The van der Waals surface area contributed by atoms with Crippen LogP contribution in [0.2, 0.25) is 0 Å². The number of aromatic nitrogens is 3. The van der Waals surface area contributed by atoms with E-state index in [-0.39, 0.29) is 44.9 Å². The molecule has 5 amide bonds. The van der Waals surface area contributed by atoms with Gasteiger partial charge in [0.2, 0.25) is 17.6 Å². The van der Waals surface area contributed by atoms with Gasteiger partial charge in [-0.1, -0.05) is 37.3 Å². The van der Waals surface area contributed by atoms with Crippen LogP contribution < -0.4 is 21.7 Å². The standard InChI is InChI=1S/C34H45N9O7/c1-33(2,49)27-19-37-41-43(27)24-17-26(30(46)40-34(28(44)29(36)45)12-14-50-15-13-34)42(20-24)31(47)25(16-21-6-4-3-5-7-21)39-32(48)38-23-10-8-22(18-35)9-11-23/h8-11,19,21,24-26,49H,3-7,12-17,20H2,1-2H3,(H2,36,45)(H,40,46)(H2,38,39,48)/t24-,25+,26-/m0/s1. The lowest BCUT2D eigenvalue weighted by Crippen LogP contribution is -2.64. The van der Waals surface area contributed by atoms with E-state index in [4.69, 9.17) is 15.7 Å². The van der Waals surface area contributed by atoms with Gasteiger partial charge in [-0.15, -0.1) is 5.10 Å². The summed E-state index contributed by atoms with van der Waals surface area (Å²) >= 11 is 0. The van der Waals surface area contributed by atoms with Gasteiger partial charge in [-0.3, -0.25) is 19.2 Å². The largest absolute Gasteiger partial charge is 0.384 e. The van der Waals surface area contributed by atoms with Gasteiger partial charge in [-0.2, -0.15) is 5.26 Å². The number of nitriles is 1. The van der Waals surface area contributed by atoms with Crippen molar-refractivity contribution in [2.24, 2.45) is 11.7 Å². The summed E-state index contributed by atoms with van der Waals surface area (Å²) in [5, 5.41) is 36.4. The molecule has 1 saturated carbocycles. The first-order valence-corrected chi connectivity index (χ1v) is 17.1. The third kappa shape index (κ3) is 8.28. The number of primary amides is 1. The van der Waals surface area contributed by atoms with E-state index < -0.39 is 58.8 Å². The molecule has 0 spiro atoms. The zero-order valence-electron chi connectivity index (χ0n) is 28.4. The highest BCUT2D eigenvalue weighted by atomic mass is 16.5. The van der Waals surface area contributed by atoms with E-state index in [0.717, 1.165) is 32.1 Å². The van der Waals surface area contributed by atoms with Crippen molar-refractivity contribution in [3.63, 3.8) is 0 Å². The van der Waals surface area contributed by atoms with Gasteiger partial charge in [0.15, 0.2) is 0 Å². The molecule has 0 unspecified atom stereocenters. The number of rotatable bonds is 11. The fourth-order valence-electron chi connectivity index (χ4n) is 7.25. The van der Waals surface area contributed by atoms with E-state index in [1.54, 1.807) is 38.1 Å². The van der Waals surface area contributed by atoms with Crippen molar-refractivity contribution in [1.82, 2.24) is 30.5 Å². The molecule has 3 fully saturated rings. The maximum atomic E-state index is 14.6. The molecule has 3 atom stereocenters. The predicted molar refractivity (Wildman–Crippen MR) is 178 cm³/mol. The summed E-state index contributed by atoms with van der Waals surface area (Å²) in [6, 6.07) is 4.94. The van der Waals surface area contributed by atoms with Crippen molar-refractivity contribution in [3.8, 4) is 6.07 Å². The zero-order chi connectivity index (χ0) is 36.1. The van der Waals surface area contributed by atoms with Crippen LogP contribution in [-0.2, 0) is 29.5 Å². The van der Waals surface area contributed by atoms with Gasteiger partial charge in [-0.05, 0) is 50.5 Å². The van der Waals surface area contributed by atoms with Gasteiger partial charge in [0, 0.05) is 44.7 Å². The maximum Gasteiger partial charge on any atom is 0.319 e. The number of benzene rings is 1. The van der Waals surface area contributed by atoms with Crippen molar-refractivity contribution in [1.29, 1.82) is 5.26 Å². The van der Waals surface area contributed by atoms with Gasteiger partial charge in [0.05, 0.1) is 29.6 Å². The Labute approximate surface area is 290 Å². The maximum absolute atomic E-state index is 14.6. The van der Waals surface area contributed by atoms with Gasteiger partial charge < -0.3 is 36.4 Å². The molecule has 6 N–H and O–H groups in total. The van der Waals surface area contributed by atoms with Crippen molar-refractivity contribution in [2.45, 2.75) is 101 Å². The van der Waals surface area contributed by atoms with E-state index in [1.807, 2.05) is 6.07 Å². The van der Waals surface area contributed by atoms with Crippen molar-refractivity contribution in [2.75, 3.05) is 25.1 Å². The number of Topliss-reactive ketones (excluding diaryl/α,β-unsaturated/α-hetero) is 1. The summed E-state index contributed by atoms with van der Waals surface area (Å²) in [4.78, 5) is 68.7. The number of carbonyl (C=O) groups is 5. The number of urea groups is 1. The minimum atomic E-state index is -1.60. The highest BCUT2D eigenvalue weighted by Crippen LogP contribution is 2.34. The molecule has 0 radical (unpaired) electrons. The molecule has 1 aliphatic carbocycles.